The summed E-state index contributed by atoms with van der Waals surface area (Å²) < 4.78 is 0. The van der Waals surface area contributed by atoms with Gasteiger partial charge in [0, 0.05) is 18.3 Å². The number of aromatic nitrogens is 1. The second-order valence-corrected chi connectivity index (χ2v) is 5.78. The maximum Gasteiger partial charge on any atom is 0.335 e. The number of pyridine rings is 1. The molecule has 1 unspecified atom stereocenters. The second kappa shape index (κ2) is 5.40. The van der Waals surface area contributed by atoms with Gasteiger partial charge in [-0.1, -0.05) is 6.92 Å². The summed E-state index contributed by atoms with van der Waals surface area (Å²) in [7, 11) is 0. The van der Waals surface area contributed by atoms with E-state index in [4.69, 9.17) is 0 Å². The highest BCUT2D eigenvalue weighted by Gasteiger charge is 2.34. The fourth-order valence-electron chi connectivity index (χ4n) is 3.28. The maximum atomic E-state index is 11.2. The Morgan fingerprint density at radius 3 is 2.75 bits per heavy atom. The molecule has 4 rings (SSSR count). The summed E-state index contributed by atoms with van der Waals surface area (Å²) in [5.74, 6) is 0.514. The number of carbonyl (C=O) groups is 1. The van der Waals surface area contributed by atoms with E-state index in [1.807, 2.05) is 6.92 Å². The third-order valence-corrected chi connectivity index (χ3v) is 4.48. The smallest absolute Gasteiger partial charge is 0.335 e. The summed E-state index contributed by atoms with van der Waals surface area (Å²) >= 11 is 0. The fourth-order valence-corrected chi connectivity index (χ4v) is 3.28. The first-order chi connectivity index (χ1) is 9.65. The van der Waals surface area contributed by atoms with Crippen LogP contribution in [0.25, 0.3) is 0 Å². The molecule has 1 aromatic heterocycles. The minimum Gasteiger partial charge on any atom is -0.478 e. The van der Waals surface area contributed by atoms with Crippen LogP contribution in [0.5, 0.6) is 0 Å². The number of hydrogen-bond donors (Lipinski definition) is 2. The van der Waals surface area contributed by atoms with Gasteiger partial charge in [-0.25, -0.2) is 9.78 Å². The van der Waals surface area contributed by atoms with Crippen LogP contribution in [0, 0.1) is 5.92 Å². The van der Waals surface area contributed by atoms with Crippen LogP contribution in [-0.2, 0) is 6.42 Å². The van der Waals surface area contributed by atoms with Crippen molar-refractivity contribution in [1.29, 1.82) is 0 Å². The molecule has 2 bridgehead atoms. The zero-order valence-electron chi connectivity index (χ0n) is 11.8. The monoisotopic (exact) mass is 275 g/mol. The Morgan fingerprint density at radius 1 is 1.45 bits per heavy atom. The lowest BCUT2D eigenvalue weighted by Gasteiger charge is -2.45. The SMILES string of the molecule is CCc1cc(C(=O)O)cc(NC2CN3CCC2CC3)n1. The number of hydrogen-bond acceptors (Lipinski definition) is 4. The van der Waals surface area contributed by atoms with Crippen LogP contribution < -0.4 is 5.32 Å². The van der Waals surface area contributed by atoms with Crippen molar-refractivity contribution >= 4 is 11.8 Å². The molecule has 3 saturated heterocycles. The van der Waals surface area contributed by atoms with Gasteiger partial charge in [-0.15, -0.1) is 0 Å². The Bertz CT molecular complexity index is 510. The molecule has 5 heteroatoms. The highest BCUT2D eigenvalue weighted by atomic mass is 16.4. The van der Waals surface area contributed by atoms with Gasteiger partial charge in [0.25, 0.3) is 0 Å². The molecule has 0 saturated carbocycles. The van der Waals surface area contributed by atoms with E-state index in [1.54, 1.807) is 12.1 Å². The number of fused-ring (bicyclic) bond motifs is 3. The first-order valence-electron chi connectivity index (χ1n) is 7.39. The number of rotatable bonds is 4. The molecule has 3 aliphatic heterocycles. The molecule has 3 aliphatic rings. The first kappa shape index (κ1) is 13.4. The van der Waals surface area contributed by atoms with Gasteiger partial charge in [-0.2, -0.15) is 0 Å². The van der Waals surface area contributed by atoms with Crippen LogP contribution in [0.4, 0.5) is 5.82 Å². The molecule has 0 aromatic carbocycles. The Hall–Kier alpha value is -1.62. The quantitative estimate of drug-likeness (QED) is 0.878. The summed E-state index contributed by atoms with van der Waals surface area (Å²) in [5.41, 5.74) is 1.15. The van der Waals surface area contributed by atoms with Gasteiger partial charge in [0.15, 0.2) is 0 Å². The van der Waals surface area contributed by atoms with Crippen molar-refractivity contribution in [1.82, 2.24) is 9.88 Å². The van der Waals surface area contributed by atoms with Crippen LogP contribution in [0.1, 0.15) is 35.8 Å². The Labute approximate surface area is 119 Å². The third kappa shape index (κ3) is 2.63. The topological polar surface area (TPSA) is 65.5 Å². The second-order valence-electron chi connectivity index (χ2n) is 5.78. The summed E-state index contributed by atoms with van der Waals surface area (Å²) in [6.45, 7) is 5.44. The van der Waals surface area contributed by atoms with Crippen LogP contribution in [0.15, 0.2) is 12.1 Å². The van der Waals surface area contributed by atoms with Crippen molar-refractivity contribution in [2.75, 3.05) is 25.0 Å². The zero-order valence-corrected chi connectivity index (χ0v) is 11.8. The number of carboxylic acids is 1. The number of piperidine rings is 3. The summed E-state index contributed by atoms with van der Waals surface area (Å²) in [5, 5.41) is 12.6. The molecule has 5 nitrogen and oxygen atoms in total. The Morgan fingerprint density at radius 2 is 2.20 bits per heavy atom. The van der Waals surface area contributed by atoms with Crippen molar-refractivity contribution in [2.24, 2.45) is 5.92 Å². The molecule has 4 heterocycles. The molecular formula is C15H21N3O2. The van der Waals surface area contributed by atoms with E-state index in [9.17, 15) is 9.90 Å². The molecule has 2 N–H and O–H groups in total. The van der Waals surface area contributed by atoms with E-state index in [0.717, 1.165) is 18.7 Å². The average Bonchev–Trinajstić information content (AvgIpc) is 2.48. The van der Waals surface area contributed by atoms with E-state index in [1.165, 1.54) is 25.9 Å². The number of aromatic carboxylic acids is 1. The van der Waals surface area contributed by atoms with Gasteiger partial charge >= 0.3 is 5.97 Å². The standard InChI is InChI=1S/C15H21N3O2/c1-2-12-7-11(15(19)20)8-14(16-12)17-13-9-18-5-3-10(13)4-6-18/h7-8,10,13H,2-6,9H2,1H3,(H,16,17)(H,19,20). The maximum absolute atomic E-state index is 11.2. The van der Waals surface area contributed by atoms with Crippen molar-refractivity contribution < 1.29 is 9.90 Å². The van der Waals surface area contributed by atoms with Gasteiger partial charge in [-0.05, 0) is 50.4 Å². The number of aryl methyl sites for hydroxylation is 1. The molecule has 0 spiro atoms. The number of nitrogens with one attached hydrogen (secondary N) is 1. The number of carboxylic acid groups (broad SMARTS) is 1. The molecule has 1 atom stereocenters. The largest absolute Gasteiger partial charge is 0.478 e. The van der Waals surface area contributed by atoms with E-state index >= 15 is 0 Å². The number of anilines is 1. The van der Waals surface area contributed by atoms with Gasteiger partial charge in [0.2, 0.25) is 0 Å². The van der Waals surface area contributed by atoms with E-state index in [0.29, 0.717) is 23.3 Å². The fraction of sp³-hybridized carbons (Fsp3) is 0.600. The lowest BCUT2D eigenvalue weighted by molar-refractivity contribution is 0.0696. The molecule has 0 aliphatic carbocycles. The van der Waals surface area contributed by atoms with Gasteiger partial charge < -0.3 is 15.3 Å². The van der Waals surface area contributed by atoms with E-state index in [2.05, 4.69) is 15.2 Å². The van der Waals surface area contributed by atoms with Gasteiger partial charge in [0.1, 0.15) is 5.82 Å². The van der Waals surface area contributed by atoms with Crippen molar-refractivity contribution in [3.63, 3.8) is 0 Å². The van der Waals surface area contributed by atoms with Crippen molar-refractivity contribution in [3.05, 3.63) is 23.4 Å². The molecular weight excluding hydrogens is 254 g/mol. The summed E-state index contributed by atoms with van der Waals surface area (Å²) in [6.07, 6.45) is 3.21. The molecule has 1 aromatic rings. The van der Waals surface area contributed by atoms with Crippen LogP contribution >= 0.6 is 0 Å². The van der Waals surface area contributed by atoms with Crippen LogP contribution in [0.2, 0.25) is 0 Å². The summed E-state index contributed by atoms with van der Waals surface area (Å²) in [6, 6.07) is 3.71. The third-order valence-electron chi connectivity index (χ3n) is 4.48. The lowest BCUT2D eigenvalue weighted by Crippen LogP contribution is -2.53. The lowest BCUT2D eigenvalue weighted by atomic mass is 9.84. The first-order valence-corrected chi connectivity index (χ1v) is 7.39. The highest BCUT2D eigenvalue weighted by molar-refractivity contribution is 5.88. The molecule has 20 heavy (non-hydrogen) atoms. The molecule has 108 valence electrons. The van der Waals surface area contributed by atoms with Crippen molar-refractivity contribution in [2.45, 2.75) is 32.2 Å². The predicted octanol–water partition coefficient (Wildman–Crippen LogP) is 1.85. The number of nitrogens with zero attached hydrogens (tertiary/aromatic N) is 2. The zero-order chi connectivity index (χ0) is 14.1. The minimum atomic E-state index is -0.890. The van der Waals surface area contributed by atoms with Crippen LogP contribution in [0.3, 0.4) is 0 Å². The van der Waals surface area contributed by atoms with E-state index in [-0.39, 0.29) is 0 Å². The minimum absolute atomic E-state index is 0.320. The van der Waals surface area contributed by atoms with E-state index < -0.39 is 5.97 Å². The molecule has 3 fully saturated rings. The van der Waals surface area contributed by atoms with Gasteiger partial charge in [0.05, 0.1) is 5.56 Å². The highest BCUT2D eigenvalue weighted by Crippen LogP contribution is 2.29. The van der Waals surface area contributed by atoms with Gasteiger partial charge in [-0.3, -0.25) is 0 Å². The Balaban J connectivity index is 1.79. The predicted molar refractivity (Wildman–Crippen MR) is 77.1 cm³/mol. The molecule has 0 amide bonds. The summed E-state index contributed by atoms with van der Waals surface area (Å²) in [4.78, 5) is 18.2. The Kier molecular flexibility index (Phi) is 3.61. The normalized spacial score (nSPS) is 28.4. The van der Waals surface area contributed by atoms with Crippen LogP contribution in [-0.4, -0.2) is 46.6 Å². The van der Waals surface area contributed by atoms with Crippen molar-refractivity contribution in [3.8, 4) is 0 Å². The average molecular weight is 275 g/mol. The molecule has 0 radical (unpaired) electrons.